The molecule has 19 heavy (non-hydrogen) atoms. The highest BCUT2D eigenvalue weighted by Gasteiger charge is 2.18. The summed E-state index contributed by atoms with van der Waals surface area (Å²) in [7, 11) is 0. The summed E-state index contributed by atoms with van der Waals surface area (Å²) < 4.78 is 5.26. The van der Waals surface area contributed by atoms with Gasteiger partial charge in [0.1, 0.15) is 0 Å². The summed E-state index contributed by atoms with van der Waals surface area (Å²) in [6, 6.07) is 7.74. The van der Waals surface area contributed by atoms with E-state index in [1.807, 2.05) is 38.1 Å². The lowest BCUT2D eigenvalue weighted by molar-refractivity contribution is -0.145. The van der Waals surface area contributed by atoms with E-state index >= 15 is 0 Å². The lowest BCUT2D eigenvalue weighted by atomic mass is 9.91. The fraction of sp³-hybridized carbons (Fsp3) is 0.562. The van der Waals surface area contributed by atoms with Crippen molar-refractivity contribution < 1.29 is 9.53 Å². The van der Waals surface area contributed by atoms with Crippen LogP contribution in [0.4, 0.5) is 0 Å². The van der Waals surface area contributed by atoms with E-state index in [0.717, 1.165) is 23.4 Å². The number of carbonyl (C=O) groups excluding carboxylic acids is 1. The minimum absolute atomic E-state index is 0.132. The highest BCUT2D eigenvalue weighted by molar-refractivity contribution is 6.31. The van der Waals surface area contributed by atoms with E-state index < -0.39 is 0 Å². The number of esters is 1. The molecule has 2 nitrogen and oxygen atoms in total. The molecule has 3 heteroatoms. The zero-order valence-electron chi connectivity index (χ0n) is 12.0. The monoisotopic (exact) mass is 282 g/mol. The van der Waals surface area contributed by atoms with E-state index in [1.165, 1.54) is 0 Å². The number of benzene rings is 1. The average Bonchev–Trinajstić information content (AvgIpc) is 2.36. The standard InChI is InChI=1S/C16H23ClO2/c1-4-7-13(10-16(18)19-11-12(2)3)14-8-5-6-9-15(14)17/h5-6,8-9,12-13H,4,7,10-11H2,1-3H3. The molecular formula is C16H23ClO2. The number of rotatable bonds is 7. The van der Waals surface area contributed by atoms with Crippen molar-refractivity contribution in [2.45, 2.75) is 46.0 Å². The van der Waals surface area contributed by atoms with E-state index in [-0.39, 0.29) is 11.9 Å². The summed E-state index contributed by atoms with van der Waals surface area (Å²) in [5, 5.41) is 0.734. The van der Waals surface area contributed by atoms with Crippen LogP contribution in [0.3, 0.4) is 0 Å². The van der Waals surface area contributed by atoms with Gasteiger partial charge in [-0.25, -0.2) is 0 Å². The third-order valence-electron chi connectivity index (χ3n) is 2.97. The number of carbonyl (C=O) groups is 1. The summed E-state index contributed by atoms with van der Waals surface area (Å²) in [6.07, 6.45) is 2.37. The molecule has 1 aromatic carbocycles. The number of hydrogen-bond acceptors (Lipinski definition) is 2. The maximum Gasteiger partial charge on any atom is 0.306 e. The first-order chi connectivity index (χ1) is 9.04. The molecule has 1 unspecified atom stereocenters. The van der Waals surface area contributed by atoms with Gasteiger partial charge in [-0.15, -0.1) is 0 Å². The summed E-state index contributed by atoms with van der Waals surface area (Å²) >= 11 is 6.21. The van der Waals surface area contributed by atoms with Crippen LogP contribution in [0, 0.1) is 5.92 Å². The maximum absolute atomic E-state index is 11.9. The summed E-state index contributed by atoms with van der Waals surface area (Å²) in [5.41, 5.74) is 1.05. The number of halogens is 1. The van der Waals surface area contributed by atoms with Crippen LogP contribution in [0.15, 0.2) is 24.3 Å². The first kappa shape index (κ1) is 16.0. The van der Waals surface area contributed by atoms with Gasteiger partial charge < -0.3 is 4.74 Å². The van der Waals surface area contributed by atoms with Gasteiger partial charge in [0.25, 0.3) is 0 Å². The Bertz CT molecular complexity index is 401. The highest BCUT2D eigenvalue weighted by Crippen LogP contribution is 2.30. The van der Waals surface area contributed by atoms with Gasteiger partial charge in [0.2, 0.25) is 0 Å². The van der Waals surface area contributed by atoms with Crippen LogP contribution >= 0.6 is 11.6 Å². The predicted molar refractivity (Wildman–Crippen MR) is 79.5 cm³/mol. The molecule has 0 amide bonds. The zero-order valence-corrected chi connectivity index (χ0v) is 12.7. The van der Waals surface area contributed by atoms with Crippen LogP contribution in [0.1, 0.15) is 51.5 Å². The topological polar surface area (TPSA) is 26.3 Å². The summed E-state index contributed by atoms with van der Waals surface area (Å²) in [4.78, 5) is 11.9. The normalized spacial score (nSPS) is 12.5. The van der Waals surface area contributed by atoms with Gasteiger partial charge >= 0.3 is 5.97 Å². The Morgan fingerprint density at radius 1 is 1.32 bits per heavy atom. The molecule has 0 aliphatic rings. The number of ether oxygens (including phenoxy) is 1. The van der Waals surface area contributed by atoms with Crippen molar-refractivity contribution in [1.29, 1.82) is 0 Å². The largest absolute Gasteiger partial charge is 0.465 e. The van der Waals surface area contributed by atoms with Crippen LogP contribution < -0.4 is 0 Å². The average molecular weight is 283 g/mol. The van der Waals surface area contributed by atoms with Crippen molar-refractivity contribution in [3.63, 3.8) is 0 Å². The predicted octanol–water partition coefficient (Wildman–Crippen LogP) is 4.81. The van der Waals surface area contributed by atoms with Crippen LogP contribution in [-0.4, -0.2) is 12.6 Å². The first-order valence-corrected chi connectivity index (χ1v) is 7.32. The molecule has 1 atom stereocenters. The van der Waals surface area contributed by atoms with Gasteiger partial charge in [-0.1, -0.05) is 57.0 Å². The third-order valence-corrected chi connectivity index (χ3v) is 3.32. The molecule has 0 spiro atoms. The molecule has 0 fully saturated rings. The van der Waals surface area contributed by atoms with Crippen molar-refractivity contribution in [2.24, 2.45) is 5.92 Å². The van der Waals surface area contributed by atoms with Gasteiger partial charge in [-0.05, 0) is 29.9 Å². The second-order valence-corrected chi connectivity index (χ2v) is 5.70. The minimum Gasteiger partial charge on any atom is -0.465 e. The van der Waals surface area contributed by atoms with Crippen LogP contribution in [0.5, 0.6) is 0 Å². The molecule has 0 saturated heterocycles. The van der Waals surface area contributed by atoms with Crippen molar-refractivity contribution in [3.05, 3.63) is 34.9 Å². The quantitative estimate of drug-likeness (QED) is 0.671. The molecule has 106 valence electrons. The van der Waals surface area contributed by atoms with Crippen molar-refractivity contribution in [3.8, 4) is 0 Å². The van der Waals surface area contributed by atoms with Gasteiger partial charge in [0.05, 0.1) is 13.0 Å². The lowest BCUT2D eigenvalue weighted by Gasteiger charge is -2.17. The van der Waals surface area contributed by atoms with E-state index in [1.54, 1.807) is 0 Å². The van der Waals surface area contributed by atoms with Gasteiger partial charge in [-0.3, -0.25) is 4.79 Å². The SMILES string of the molecule is CCCC(CC(=O)OCC(C)C)c1ccccc1Cl. The van der Waals surface area contributed by atoms with E-state index in [4.69, 9.17) is 16.3 Å². The minimum atomic E-state index is -0.132. The van der Waals surface area contributed by atoms with Crippen molar-refractivity contribution in [1.82, 2.24) is 0 Å². The van der Waals surface area contributed by atoms with Gasteiger partial charge in [-0.2, -0.15) is 0 Å². The molecule has 1 rings (SSSR count). The fourth-order valence-electron chi connectivity index (χ4n) is 2.04. The van der Waals surface area contributed by atoms with E-state index in [2.05, 4.69) is 6.92 Å². The first-order valence-electron chi connectivity index (χ1n) is 6.94. The fourth-order valence-corrected chi connectivity index (χ4v) is 2.33. The Labute approximate surface area is 121 Å². The lowest BCUT2D eigenvalue weighted by Crippen LogP contribution is -2.14. The molecule has 0 aliphatic heterocycles. The van der Waals surface area contributed by atoms with E-state index in [9.17, 15) is 4.79 Å². The second-order valence-electron chi connectivity index (χ2n) is 5.29. The van der Waals surface area contributed by atoms with Crippen LogP contribution in [0.25, 0.3) is 0 Å². The molecule has 0 heterocycles. The van der Waals surface area contributed by atoms with Gasteiger partial charge in [0.15, 0.2) is 0 Å². The Morgan fingerprint density at radius 3 is 2.58 bits per heavy atom. The van der Waals surface area contributed by atoms with Crippen LogP contribution in [0.2, 0.25) is 5.02 Å². The Hall–Kier alpha value is -1.02. The Balaban J connectivity index is 2.68. The molecule has 1 aromatic rings. The van der Waals surface area contributed by atoms with Crippen molar-refractivity contribution in [2.75, 3.05) is 6.61 Å². The molecule has 0 saturated carbocycles. The zero-order chi connectivity index (χ0) is 14.3. The molecule has 0 N–H and O–H groups in total. The maximum atomic E-state index is 11.9. The summed E-state index contributed by atoms with van der Waals surface area (Å²) in [5.74, 6) is 0.388. The molecule has 0 aromatic heterocycles. The Morgan fingerprint density at radius 2 is 2.00 bits per heavy atom. The van der Waals surface area contributed by atoms with E-state index in [0.29, 0.717) is 18.9 Å². The highest BCUT2D eigenvalue weighted by atomic mass is 35.5. The molecule has 0 bridgehead atoms. The molecular weight excluding hydrogens is 260 g/mol. The van der Waals surface area contributed by atoms with Crippen LogP contribution in [-0.2, 0) is 9.53 Å². The smallest absolute Gasteiger partial charge is 0.306 e. The Kier molecular flexibility index (Phi) is 6.93. The number of hydrogen-bond donors (Lipinski definition) is 0. The third kappa shape index (κ3) is 5.65. The summed E-state index contributed by atoms with van der Waals surface area (Å²) in [6.45, 7) is 6.67. The molecule has 0 radical (unpaired) electrons. The van der Waals surface area contributed by atoms with Gasteiger partial charge in [0, 0.05) is 5.02 Å². The molecule has 0 aliphatic carbocycles. The van der Waals surface area contributed by atoms with Crippen molar-refractivity contribution >= 4 is 17.6 Å². The second kappa shape index (κ2) is 8.21.